The normalized spacial score (nSPS) is 10.7. The first-order valence-corrected chi connectivity index (χ1v) is 7.92. The second kappa shape index (κ2) is 6.47. The molecule has 2 heterocycles. The summed E-state index contributed by atoms with van der Waals surface area (Å²) in [6.45, 7) is 3.52. The van der Waals surface area contributed by atoms with E-state index >= 15 is 0 Å². The summed E-state index contributed by atoms with van der Waals surface area (Å²) in [6.07, 6.45) is 0. The van der Waals surface area contributed by atoms with E-state index in [4.69, 9.17) is 20.9 Å². The first kappa shape index (κ1) is 15.6. The maximum Gasteiger partial charge on any atom is 0.350 e. The monoisotopic (exact) mass is 349 g/mol. The summed E-state index contributed by atoms with van der Waals surface area (Å²) in [5.41, 5.74) is 1.43. The lowest BCUT2D eigenvalue weighted by Crippen LogP contribution is -2.05. The van der Waals surface area contributed by atoms with Crippen LogP contribution in [-0.2, 0) is 11.3 Å². The fourth-order valence-electron chi connectivity index (χ4n) is 1.94. The molecule has 0 saturated heterocycles. The van der Waals surface area contributed by atoms with Gasteiger partial charge in [0.1, 0.15) is 4.88 Å². The summed E-state index contributed by atoms with van der Waals surface area (Å²) in [6, 6.07) is 7.04. The molecule has 0 radical (unpaired) electrons. The summed E-state index contributed by atoms with van der Waals surface area (Å²) in [5, 5.41) is 5.30. The molecule has 3 aromatic rings. The molecule has 0 aliphatic carbocycles. The molecule has 0 saturated carbocycles. The molecule has 23 heavy (non-hydrogen) atoms. The van der Waals surface area contributed by atoms with Crippen LogP contribution in [0.5, 0.6) is 0 Å². The van der Waals surface area contributed by atoms with Gasteiger partial charge in [-0.05, 0) is 38.1 Å². The average molecular weight is 350 g/mol. The second-order valence-electron chi connectivity index (χ2n) is 4.74. The summed E-state index contributed by atoms with van der Waals surface area (Å²) in [7, 11) is 0. The minimum Gasteiger partial charge on any atom is -0.451 e. The molecular formula is C15H12ClN3O3S. The molecule has 3 rings (SSSR count). The number of carbonyl (C=O) groups is 1. The van der Waals surface area contributed by atoms with Gasteiger partial charge in [0.25, 0.3) is 5.89 Å². The third-order valence-corrected chi connectivity index (χ3v) is 4.29. The van der Waals surface area contributed by atoms with Crippen molar-refractivity contribution >= 4 is 28.9 Å². The van der Waals surface area contributed by atoms with Gasteiger partial charge in [-0.1, -0.05) is 16.8 Å². The zero-order valence-corrected chi connectivity index (χ0v) is 13.9. The molecule has 2 aromatic heterocycles. The molecule has 0 N–H and O–H groups in total. The third-order valence-electron chi connectivity index (χ3n) is 2.99. The quantitative estimate of drug-likeness (QED) is 0.666. The summed E-state index contributed by atoms with van der Waals surface area (Å²) < 4.78 is 10.3. The van der Waals surface area contributed by atoms with Crippen molar-refractivity contribution in [2.75, 3.05) is 0 Å². The minimum atomic E-state index is -0.445. The highest BCUT2D eigenvalue weighted by Crippen LogP contribution is 2.20. The molecule has 0 atom stereocenters. The fourth-order valence-corrected chi connectivity index (χ4v) is 2.88. The SMILES string of the molecule is Cc1nc(C)c(C(=O)OCc2nc(-c3ccc(Cl)cc3)no2)s1. The predicted octanol–water partition coefficient (Wildman–Crippen LogP) is 3.82. The van der Waals surface area contributed by atoms with Crippen LogP contribution >= 0.6 is 22.9 Å². The van der Waals surface area contributed by atoms with Crippen LogP contribution in [0.3, 0.4) is 0 Å². The Labute approximate surface area is 141 Å². The summed E-state index contributed by atoms with van der Waals surface area (Å²) in [5.74, 6) is 0.194. The van der Waals surface area contributed by atoms with Gasteiger partial charge in [-0.25, -0.2) is 9.78 Å². The highest BCUT2D eigenvalue weighted by atomic mass is 35.5. The van der Waals surface area contributed by atoms with E-state index in [-0.39, 0.29) is 12.5 Å². The Morgan fingerprint density at radius 1 is 1.26 bits per heavy atom. The first-order valence-electron chi connectivity index (χ1n) is 6.72. The molecule has 0 fully saturated rings. The van der Waals surface area contributed by atoms with E-state index in [1.165, 1.54) is 11.3 Å². The van der Waals surface area contributed by atoms with E-state index in [1.54, 1.807) is 31.2 Å². The number of rotatable bonds is 4. The van der Waals surface area contributed by atoms with Crippen molar-refractivity contribution in [3.63, 3.8) is 0 Å². The molecule has 1 aromatic carbocycles. The topological polar surface area (TPSA) is 78.1 Å². The third kappa shape index (κ3) is 3.57. The number of nitrogens with zero attached hydrogens (tertiary/aromatic N) is 3. The Bertz CT molecular complexity index is 842. The van der Waals surface area contributed by atoms with Crippen molar-refractivity contribution in [1.82, 2.24) is 15.1 Å². The smallest absolute Gasteiger partial charge is 0.350 e. The lowest BCUT2D eigenvalue weighted by atomic mass is 10.2. The van der Waals surface area contributed by atoms with Gasteiger partial charge >= 0.3 is 5.97 Å². The lowest BCUT2D eigenvalue weighted by molar-refractivity contribution is 0.0434. The number of esters is 1. The molecule has 8 heteroatoms. The predicted molar refractivity (Wildman–Crippen MR) is 85.5 cm³/mol. The number of hydrogen-bond donors (Lipinski definition) is 0. The van der Waals surface area contributed by atoms with E-state index in [0.717, 1.165) is 10.6 Å². The van der Waals surface area contributed by atoms with Crippen molar-refractivity contribution < 1.29 is 14.1 Å². The van der Waals surface area contributed by atoms with E-state index in [0.29, 0.717) is 21.4 Å². The lowest BCUT2D eigenvalue weighted by Gasteiger charge is -1.99. The van der Waals surface area contributed by atoms with Gasteiger partial charge in [-0.2, -0.15) is 4.98 Å². The molecule has 0 spiro atoms. The maximum absolute atomic E-state index is 12.0. The zero-order valence-electron chi connectivity index (χ0n) is 12.4. The molecule has 6 nitrogen and oxygen atoms in total. The van der Waals surface area contributed by atoms with E-state index in [2.05, 4.69) is 15.1 Å². The summed E-state index contributed by atoms with van der Waals surface area (Å²) in [4.78, 5) is 20.9. The van der Waals surface area contributed by atoms with Crippen LogP contribution in [0.2, 0.25) is 5.02 Å². The first-order chi connectivity index (χ1) is 11.0. The van der Waals surface area contributed by atoms with Crippen LogP contribution in [0.4, 0.5) is 0 Å². The van der Waals surface area contributed by atoms with Gasteiger partial charge in [0.15, 0.2) is 6.61 Å². The van der Waals surface area contributed by atoms with E-state index in [9.17, 15) is 4.79 Å². The highest BCUT2D eigenvalue weighted by molar-refractivity contribution is 7.13. The molecule has 0 bridgehead atoms. The second-order valence-corrected chi connectivity index (χ2v) is 6.38. The van der Waals surface area contributed by atoms with Crippen LogP contribution in [0.25, 0.3) is 11.4 Å². The average Bonchev–Trinajstić information content (AvgIpc) is 3.12. The molecule has 0 amide bonds. The molecule has 0 unspecified atom stereocenters. The number of aromatic nitrogens is 3. The van der Waals surface area contributed by atoms with E-state index < -0.39 is 5.97 Å². The number of hydrogen-bond acceptors (Lipinski definition) is 7. The van der Waals surface area contributed by atoms with Gasteiger partial charge in [0.2, 0.25) is 5.82 Å². The minimum absolute atomic E-state index is 0.0875. The Hall–Kier alpha value is -2.25. The molecule has 0 aliphatic heterocycles. The maximum atomic E-state index is 12.0. The van der Waals surface area contributed by atoms with Crippen LogP contribution in [0.15, 0.2) is 28.8 Å². The van der Waals surface area contributed by atoms with Gasteiger partial charge in [-0.3, -0.25) is 0 Å². The van der Waals surface area contributed by atoms with Crippen molar-refractivity contribution in [3.05, 3.63) is 50.8 Å². The largest absolute Gasteiger partial charge is 0.451 e. The standard InChI is InChI=1S/C15H12ClN3O3S/c1-8-13(23-9(2)17-8)15(20)21-7-12-18-14(19-22-12)10-3-5-11(16)6-4-10/h3-6H,7H2,1-2H3. The van der Waals surface area contributed by atoms with Gasteiger partial charge in [0, 0.05) is 10.6 Å². The Kier molecular flexibility index (Phi) is 4.40. The number of aryl methyl sites for hydroxylation is 2. The molecule has 0 aliphatic rings. The molecule has 118 valence electrons. The van der Waals surface area contributed by atoms with Crippen molar-refractivity contribution in [3.8, 4) is 11.4 Å². The number of ether oxygens (including phenoxy) is 1. The number of halogens is 1. The molecular weight excluding hydrogens is 338 g/mol. The zero-order chi connectivity index (χ0) is 16.4. The van der Waals surface area contributed by atoms with Crippen LogP contribution in [0, 0.1) is 13.8 Å². The van der Waals surface area contributed by atoms with Crippen LogP contribution < -0.4 is 0 Å². The van der Waals surface area contributed by atoms with Gasteiger partial charge in [-0.15, -0.1) is 11.3 Å². The van der Waals surface area contributed by atoms with Gasteiger partial charge < -0.3 is 9.26 Å². The van der Waals surface area contributed by atoms with Crippen LogP contribution in [-0.4, -0.2) is 21.1 Å². The highest BCUT2D eigenvalue weighted by Gasteiger charge is 2.17. The van der Waals surface area contributed by atoms with Crippen molar-refractivity contribution in [2.24, 2.45) is 0 Å². The van der Waals surface area contributed by atoms with Crippen LogP contribution in [0.1, 0.15) is 26.3 Å². The summed E-state index contributed by atoms with van der Waals surface area (Å²) >= 11 is 7.13. The van der Waals surface area contributed by atoms with Crippen molar-refractivity contribution in [1.29, 1.82) is 0 Å². The number of benzene rings is 1. The van der Waals surface area contributed by atoms with E-state index in [1.807, 2.05) is 6.92 Å². The van der Waals surface area contributed by atoms with Gasteiger partial charge in [0.05, 0.1) is 10.7 Å². The Morgan fingerprint density at radius 2 is 2.00 bits per heavy atom. The number of carbonyl (C=O) groups excluding carboxylic acids is 1. The van der Waals surface area contributed by atoms with Crippen molar-refractivity contribution in [2.45, 2.75) is 20.5 Å². The Morgan fingerprint density at radius 3 is 2.65 bits per heavy atom. The number of thiazole rings is 1. The fraction of sp³-hybridized carbons (Fsp3) is 0.200. The Balaban J connectivity index is 1.66.